The molecule has 0 aliphatic heterocycles. The minimum atomic E-state index is -4.41. The Balaban J connectivity index is 1.61. The molecule has 0 unspecified atom stereocenters. The van der Waals surface area contributed by atoms with Gasteiger partial charge in [-0.05, 0) is 65.4 Å². The monoisotopic (exact) mass is 507 g/mol. The number of hydrogen-bond acceptors (Lipinski definition) is 2. The molecule has 1 aliphatic carbocycles. The molecule has 192 valence electrons. The average molecular weight is 508 g/mol. The van der Waals surface area contributed by atoms with Gasteiger partial charge in [-0.3, -0.25) is 4.79 Å². The number of carboxylic acid groups (broad SMARTS) is 1. The van der Waals surface area contributed by atoms with Crippen LogP contribution in [0, 0.1) is 5.92 Å². The first-order chi connectivity index (χ1) is 17.7. The molecule has 4 rings (SSSR count). The van der Waals surface area contributed by atoms with E-state index in [0.717, 1.165) is 55.9 Å². The van der Waals surface area contributed by atoms with E-state index in [0.29, 0.717) is 28.9 Å². The van der Waals surface area contributed by atoms with Crippen LogP contribution < -0.4 is 4.90 Å². The van der Waals surface area contributed by atoms with Crippen molar-refractivity contribution in [1.82, 2.24) is 0 Å². The van der Waals surface area contributed by atoms with Crippen molar-refractivity contribution in [3.8, 4) is 11.1 Å². The molecule has 3 aromatic rings. The van der Waals surface area contributed by atoms with E-state index in [9.17, 15) is 22.8 Å². The Morgan fingerprint density at radius 3 is 2.27 bits per heavy atom. The summed E-state index contributed by atoms with van der Waals surface area (Å²) in [5.74, 6) is -1.10. The van der Waals surface area contributed by atoms with Crippen LogP contribution in [0.5, 0.6) is 0 Å². The number of alkyl halides is 3. The molecule has 0 aromatic heterocycles. The van der Waals surface area contributed by atoms with E-state index in [1.165, 1.54) is 12.1 Å². The van der Waals surface area contributed by atoms with Gasteiger partial charge in [0.15, 0.2) is 0 Å². The second-order valence-electron chi connectivity index (χ2n) is 9.30. The zero-order chi connectivity index (χ0) is 26.4. The Labute approximate surface area is 214 Å². The number of nitrogens with zero attached hydrogens (tertiary/aromatic N) is 1. The van der Waals surface area contributed by atoms with Gasteiger partial charge in [0.2, 0.25) is 5.91 Å². The van der Waals surface area contributed by atoms with E-state index < -0.39 is 17.7 Å². The first-order valence-electron chi connectivity index (χ1n) is 12.3. The lowest BCUT2D eigenvalue weighted by Crippen LogP contribution is -2.36. The maximum Gasteiger partial charge on any atom is 0.416 e. The summed E-state index contributed by atoms with van der Waals surface area (Å²) in [6, 6.07) is 19.6. The average Bonchev–Trinajstić information content (AvgIpc) is 2.91. The molecule has 0 saturated heterocycles. The van der Waals surface area contributed by atoms with Crippen molar-refractivity contribution < 1.29 is 27.9 Å². The van der Waals surface area contributed by atoms with Crippen LogP contribution in [0.3, 0.4) is 0 Å². The van der Waals surface area contributed by atoms with Crippen LogP contribution in [0.2, 0.25) is 0 Å². The summed E-state index contributed by atoms with van der Waals surface area (Å²) >= 11 is 0. The molecule has 0 heterocycles. The second kappa shape index (κ2) is 11.5. The molecule has 0 atom stereocenters. The molecule has 7 heteroatoms. The van der Waals surface area contributed by atoms with Crippen molar-refractivity contribution in [3.63, 3.8) is 0 Å². The van der Waals surface area contributed by atoms with E-state index in [1.54, 1.807) is 41.3 Å². The predicted molar refractivity (Wildman–Crippen MR) is 138 cm³/mol. The molecule has 37 heavy (non-hydrogen) atoms. The van der Waals surface area contributed by atoms with Gasteiger partial charge >= 0.3 is 12.1 Å². The van der Waals surface area contributed by atoms with Gasteiger partial charge in [-0.15, -0.1) is 0 Å². The van der Waals surface area contributed by atoms with Crippen LogP contribution in [-0.4, -0.2) is 17.0 Å². The fourth-order valence-electron chi connectivity index (χ4n) is 4.69. The Morgan fingerprint density at radius 2 is 1.59 bits per heavy atom. The molecular formula is C30H28F3NO3. The van der Waals surface area contributed by atoms with Gasteiger partial charge in [0.25, 0.3) is 0 Å². The van der Waals surface area contributed by atoms with Crippen molar-refractivity contribution in [2.75, 3.05) is 4.90 Å². The fourth-order valence-corrected chi connectivity index (χ4v) is 4.69. The van der Waals surface area contributed by atoms with Gasteiger partial charge in [-0.2, -0.15) is 13.2 Å². The third-order valence-electron chi connectivity index (χ3n) is 6.64. The molecule has 3 aromatic carbocycles. The normalized spacial score (nSPS) is 14.6. The molecule has 4 nitrogen and oxygen atoms in total. The third-order valence-corrected chi connectivity index (χ3v) is 6.64. The third kappa shape index (κ3) is 6.88. The maximum atomic E-state index is 13.6. The summed E-state index contributed by atoms with van der Waals surface area (Å²) in [6.45, 7) is 0.296. The van der Waals surface area contributed by atoms with E-state index in [1.807, 2.05) is 18.2 Å². The standard InChI is InChI=1S/C30H28F3NO3/c31-30(32,33)26-10-5-9-25(19-26)23-15-12-22(13-16-23)20-34(29(37)24-7-2-1-3-8-24)27-11-4-6-21(18-27)14-17-28(35)36/h4-6,9-19,24H,1-3,7-8,20H2,(H,35,36). The van der Waals surface area contributed by atoms with Gasteiger partial charge in [0.05, 0.1) is 12.1 Å². The number of hydrogen-bond donors (Lipinski definition) is 1. The van der Waals surface area contributed by atoms with E-state index in [4.69, 9.17) is 5.11 Å². The first-order valence-corrected chi connectivity index (χ1v) is 12.3. The van der Waals surface area contributed by atoms with Crippen LogP contribution >= 0.6 is 0 Å². The van der Waals surface area contributed by atoms with Gasteiger partial charge in [0, 0.05) is 17.7 Å². The lowest BCUT2D eigenvalue weighted by atomic mass is 9.88. The molecule has 1 N–H and O–H groups in total. The zero-order valence-corrected chi connectivity index (χ0v) is 20.2. The van der Waals surface area contributed by atoms with Crippen LogP contribution in [0.1, 0.15) is 48.8 Å². The Bertz CT molecular complexity index is 1280. The van der Waals surface area contributed by atoms with Gasteiger partial charge < -0.3 is 10.0 Å². The lowest BCUT2D eigenvalue weighted by Gasteiger charge is -2.30. The van der Waals surface area contributed by atoms with Crippen LogP contribution in [0.15, 0.2) is 78.9 Å². The summed E-state index contributed by atoms with van der Waals surface area (Å²) in [7, 11) is 0. The second-order valence-corrected chi connectivity index (χ2v) is 9.30. The molecule has 0 spiro atoms. The first kappa shape index (κ1) is 26.2. The van der Waals surface area contributed by atoms with E-state index in [2.05, 4.69) is 0 Å². The molecule has 1 saturated carbocycles. The number of aliphatic carboxylic acids is 1. The highest BCUT2D eigenvalue weighted by Gasteiger charge is 2.30. The Hall–Kier alpha value is -3.87. The number of halogens is 3. The minimum Gasteiger partial charge on any atom is -0.478 e. The van der Waals surface area contributed by atoms with Crippen molar-refractivity contribution in [2.24, 2.45) is 5.92 Å². The molecule has 0 bridgehead atoms. The maximum absolute atomic E-state index is 13.6. The van der Waals surface area contributed by atoms with Gasteiger partial charge in [0.1, 0.15) is 0 Å². The largest absolute Gasteiger partial charge is 0.478 e. The Kier molecular flexibility index (Phi) is 8.11. The molecular weight excluding hydrogens is 479 g/mol. The minimum absolute atomic E-state index is 0.0287. The van der Waals surface area contributed by atoms with Crippen molar-refractivity contribution in [2.45, 2.75) is 44.8 Å². The highest BCUT2D eigenvalue weighted by atomic mass is 19.4. The predicted octanol–water partition coefficient (Wildman–Crippen LogP) is 7.58. The summed E-state index contributed by atoms with van der Waals surface area (Å²) in [4.78, 5) is 26.3. The van der Waals surface area contributed by atoms with E-state index in [-0.39, 0.29) is 11.8 Å². The van der Waals surface area contributed by atoms with Crippen LogP contribution in [0.4, 0.5) is 18.9 Å². The zero-order valence-electron chi connectivity index (χ0n) is 20.2. The quantitative estimate of drug-likeness (QED) is 0.335. The van der Waals surface area contributed by atoms with Crippen molar-refractivity contribution in [1.29, 1.82) is 0 Å². The van der Waals surface area contributed by atoms with Crippen molar-refractivity contribution >= 4 is 23.6 Å². The number of carbonyl (C=O) groups is 2. The molecule has 1 amide bonds. The number of amides is 1. The summed E-state index contributed by atoms with van der Waals surface area (Å²) < 4.78 is 39.4. The number of carboxylic acids is 1. The van der Waals surface area contributed by atoms with Gasteiger partial charge in [-0.1, -0.05) is 67.8 Å². The summed E-state index contributed by atoms with van der Waals surface area (Å²) in [5.41, 5.74) is 2.60. The molecule has 0 radical (unpaired) electrons. The van der Waals surface area contributed by atoms with Gasteiger partial charge in [-0.25, -0.2) is 4.79 Å². The van der Waals surface area contributed by atoms with E-state index >= 15 is 0 Å². The fraction of sp³-hybridized carbons (Fsp3) is 0.267. The highest BCUT2D eigenvalue weighted by molar-refractivity contribution is 5.95. The number of rotatable bonds is 7. The highest BCUT2D eigenvalue weighted by Crippen LogP contribution is 2.33. The molecule has 1 fully saturated rings. The van der Waals surface area contributed by atoms with Crippen LogP contribution in [0.25, 0.3) is 17.2 Å². The topological polar surface area (TPSA) is 57.6 Å². The SMILES string of the molecule is O=C(O)C=Cc1cccc(N(Cc2ccc(-c3cccc(C(F)(F)F)c3)cc2)C(=O)C2CCCCC2)c1. The number of anilines is 1. The van der Waals surface area contributed by atoms with Crippen LogP contribution in [-0.2, 0) is 22.3 Å². The van der Waals surface area contributed by atoms with Crippen molar-refractivity contribution in [3.05, 3.63) is 95.6 Å². The molecule has 1 aliphatic rings. The summed E-state index contributed by atoms with van der Waals surface area (Å²) in [5, 5.41) is 8.96. The number of benzene rings is 3. The lowest BCUT2D eigenvalue weighted by molar-refractivity contribution is -0.137. The smallest absolute Gasteiger partial charge is 0.416 e. The number of carbonyl (C=O) groups excluding carboxylic acids is 1. The Morgan fingerprint density at radius 1 is 0.892 bits per heavy atom. The summed E-state index contributed by atoms with van der Waals surface area (Å²) in [6.07, 6.45) is 2.94.